The molecule has 0 amide bonds. The minimum absolute atomic E-state index is 0.268. The normalized spacial score (nSPS) is 17.4. The summed E-state index contributed by atoms with van der Waals surface area (Å²) in [5.74, 6) is -0.573. The summed E-state index contributed by atoms with van der Waals surface area (Å²) >= 11 is 0. The first kappa shape index (κ1) is 19.7. The largest absolute Gasteiger partial charge is 0.431 e. The highest BCUT2D eigenvalue weighted by atomic mass is 28.4. The molecule has 0 aliphatic carbocycles. The second-order valence-corrected chi connectivity index (χ2v) is 17.3. The number of aliphatic hydroxyl groups excluding tert-OH is 1. The van der Waals surface area contributed by atoms with Crippen LogP contribution in [0, 0.1) is 0 Å². The highest BCUT2D eigenvalue weighted by Gasteiger charge is 2.44. The van der Waals surface area contributed by atoms with E-state index >= 15 is 0 Å². The van der Waals surface area contributed by atoms with Crippen LogP contribution in [0.4, 0.5) is 0 Å². The number of carbonyl (C=O) groups is 1. The van der Waals surface area contributed by atoms with Crippen molar-refractivity contribution < 1.29 is 23.5 Å². The van der Waals surface area contributed by atoms with Crippen LogP contribution < -0.4 is 0 Å². The molecule has 8 heteroatoms. The van der Waals surface area contributed by atoms with Crippen molar-refractivity contribution in [2.24, 2.45) is 0 Å². The van der Waals surface area contributed by atoms with Crippen molar-refractivity contribution in [3.05, 3.63) is 12.2 Å². The third kappa shape index (κ3) is 7.50. The van der Waals surface area contributed by atoms with Gasteiger partial charge in [-0.3, -0.25) is 0 Å². The van der Waals surface area contributed by atoms with E-state index in [1.54, 1.807) is 6.92 Å². The molecule has 2 atom stereocenters. The van der Waals surface area contributed by atoms with Gasteiger partial charge in [0.1, 0.15) is 0 Å². The molecule has 118 valence electrons. The van der Waals surface area contributed by atoms with Gasteiger partial charge in [0.25, 0.3) is 0 Å². The second kappa shape index (κ2) is 6.67. The Morgan fingerprint density at radius 1 is 1.20 bits per heavy atom. The zero-order valence-electron chi connectivity index (χ0n) is 13.9. The second-order valence-electron chi connectivity index (χ2n) is 6.98. The molecule has 1 N–H and O–H groups in total. The molecule has 0 bridgehead atoms. The molecule has 0 fully saturated rings. The molecular formula is C12H28O5Si3. The van der Waals surface area contributed by atoms with Crippen LogP contribution in [-0.4, -0.2) is 49.7 Å². The lowest BCUT2D eigenvalue weighted by molar-refractivity contribution is -0.237. The van der Waals surface area contributed by atoms with E-state index in [0.717, 1.165) is 0 Å². The van der Waals surface area contributed by atoms with Crippen molar-refractivity contribution in [2.75, 3.05) is 0 Å². The summed E-state index contributed by atoms with van der Waals surface area (Å²) in [6.45, 7) is 16.9. The summed E-state index contributed by atoms with van der Waals surface area (Å²) < 4.78 is 16.9. The van der Waals surface area contributed by atoms with Crippen molar-refractivity contribution >= 4 is 32.8 Å². The Morgan fingerprint density at radius 3 is 1.95 bits per heavy atom. The molecule has 5 nitrogen and oxygen atoms in total. The third-order valence-corrected chi connectivity index (χ3v) is 5.32. The molecule has 0 aromatic rings. The maximum Gasteiger partial charge on any atom is 0.335 e. The van der Waals surface area contributed by atoms with Crippen LogP contribution in [0.1, 0.15) is 6.92 Å². The van der Waals surface area contributed by atoms with Crippen LogP contribution in [0.3, 0.4) is 0 Å². The van der Waals surface area contributed by atoms with E-state index in [9.17, 15) is 9.90 Å². The summed E-state index contributed by atoms with van der Waals surface area (Å²) in [6.07, 6.45) is -1.27. The van der Waals surface area contributed by atoms with Crippen LogP contribution in [0.25, 0.3) is 0 Å². The first-order chi connectivity index (χ1) is 8.66. The van der Waals surface area contributed by atoms with Crippen molar-refractivity contribution in [3.8, 4) is 0 Å². The minimum Gasteiger partial charge on any atom is -0.431 e. The van der Waals surface area contributed by atoms with Gasteiger partial charge in [-0.15, -0.1) is 0 Å². The molecule has 2 unspecified atom stereocenters. The van der Waals surface area contributed by atoms with Crippen molar-refractivity contribution in [3.63, 3.8) is 0 Å². The van der Waals surface area contributed by atoms with Crippen LogP contribution in [-0.2, 0) is 18.4 Å². The maximum atomic E-state index is 11.8. The average molecular weight is 337 g/mol. The Balaban J connectivity index is 5.24. The van der Waals surface area contributed by atoms with Crippen LogP contribution >= 0.6 is 0 Å². The van der Waals surface area contributed by atoms with E-state index in [2.05, 4.69) is 6.58 Å². The summed E-state index contributed by atoms with van der Waals surface area (Å²) in [7, 11) is -3.72. The Bertz CT molecular complexity index is 372. The van der Waals surface area contributed by atoms with Gasteiger partial charge in [-0.25, -0.2) is 4.79 Å². The molecule has 20 heavy (non-hydrogen) atoms. The molecule has 0 rings (SSSR count). The van der Waals surface area contributed by atoms with E-state index in [1.807, 2.05) is 39.3 Å². The topological polar surface area (TPSA) is 65.0 Å². The van der Waals surface area contributed by atoms with E-state index < -0.39 is 34.3 Å². The molecular weight excluding hydrogens is 308 g/mol. The molecule has 0 saturated carbocycles. The summed E-state index contributed by atoms with van der Waals surface area (Å²) in [6, 6.07) is 0. The van der Waals surface area contributed by atoms with Crippen molar-refractivity contribution in [1.29, 1.82) is 0 Å². The molecule has 0 aromatic heterocycles. The van der Waals surface area contributed by atoms with Gasteiger partial charge in [0.05, 0.1) is 10.2 Å². The van der Waals surface area contributed by atoms with E-state index in [4.69, 9.17) is 13.6 Å². The zero-order valence-corrected chi connectivity index (χ0v) is 17.9. The van der Waals surface area contributed by atoms with Crippen LogP contribution in [0.2, 0.25) is 39.3 Å². The van der Waals surface area contributed by atoms with Crippen molar-refractivity contribution in [1.82, 2.24) is 0 Å². The van der Waals surface area contributed by atoms with Gasteiger partial charge in [-0.2, -0.15) is 0 Å². The molecule has 0 spiro atoms. The number of esters is 1. The smallest absolute Gasteiger partial charge is 0.335 e. The number of hydrogen-bond donors (Lipinski definition) is 1. The Hall–Kier alpha value is -0.259. The third-order valence-electron chi connectivity index (χ3n) is 2.07. The van der Waals surface area contributed by atoms with Gasteiger partial charge in [0.2, 0.25) is 11.7 Å². The predicted octanol–water partition coefficient (Wildman–Crippen LogP) is 1.15. The maximum absolute atomic E-state index is 11.8. The first-order valence-corrected chi connectivity index (χ1v) is 14.4. The van der Waals surface area contributed by atoms with Gasteiger partial charge in [-0.05, 0) is 46.2 Å². The summed E-state index contributed by atoms with van der Waals surface area (Å²) in [4.78, 5) is 11.8. The van der Waals surface area contributed by atoms with Crippen molar-refractivity contribution in [2.45, 2.75) is 57.9 Å². The predicted molar refractivity (Wildman–Crippen MR) is 88.4 cm³/mol. The highest BCUT2D eigenvalue weighted by Crippen LogP contribution is 2.25. The van der Waals surface area contributed by atoms with Gasteiger partial charge < -0.3 is 18.7 Å². The lowest BCUT2D eigenvalue weighted by Crippen LogP contribution is -2.57. The van der Waals surface area contributed by atoms with E-state index in [1.165, 1.54) is 0 Å². The van der Waals surface area contributed by atoms with Gasteiger partial charge >= 0.3 is 5.97 Å². The SMILES string of the molecule is C=C(C)C(=O)OC([SiH3])(O[Si](C)(C)C)C(O)O[Si](C)(C)C. The number of hydrogen-bond acceptors (Lipinski definition) is 5. The van der Waals surface area contributed by atoms with Gasteiger partial charge in [0, 0.05) is 5.57 Å². The monoisotopic (exact) mass is 336 g/mol. The van der Waals surface area contributed by atoms with Gasteiger partial charge in [0.15, 0.2) is 16.6 Å². The fraction of sp³-hybridized carbons (Fsp3) is 0.750. The Labute approximate surface area is 127 Å². The van der Waals surface area contributed by atoms with Crippen LogP contribution in [0.15, 0.2) is 12.2 Å². The molecule has 0 radical (unpaired) electrons. The zero-order chi connectivity index (χ0) is 16.4. The highest BCUT2D eigenvalue weighted by molar-refractivity contribution is 6.70. The number of ether oxygens (including phenoxy) is 1. The molecule has 0 aromatic carbocycles. The Morgan fingerprint density at radius 2 is 1.65 bits per heavy atom. The summed E-state index contributed by atoms with van der Waals surface area (Å²) in [5.41, 5.74) is -1.12. The lowest BCUT2D eigenvalue weighted by Gasteiger charge is -2.40. The fourth-order valence-electron chi connectivity index (χ4n) is 1.44. The standard InChI is InChI=1S/C12H28O5Si3/c1-9(2)10(13)15-12(18,17-20(6,7)8)11(14)16-19(3,4)5/h11,14H,1H2,2-8,18H3. The molecule has 0 aliphatic heterocycles. The molecule has 0 heterocycles. The van der Waals surface area contributed by atoms with E-state index in [-0.39, 0.29) is 5.57 Å². The minimum atomic E-state index is -2.03. The first-order valence-electron chi connectivity index (χ1n) is 6.61. The number of carbonyl (C=O) groups excluding carboxylic acids is 1. The quantitative estimate of drug-likeness (QED) is 0.327. The Kier molecular flexibility index (Phi) is 6.58. The average Bonchev–Trinajstić information content (AvgIpc) is 2.10. The number of aliphatic hydroxyl groups is 1. The van der Waals surface area contributed by atoms with Crippen LogP contribution in [0.5, 0.6) is 0 Å². The van der Waals surface area contributed by atoms with E-state index in [0.29, 0.717) is 10.2 Å². The van der Waals surface area contributed by atoms with Gasteiger partial charge in [-0.1, -0.05) is 6.58 Å². The number of rotatable bonds is 7. The summed E-state index contributed by atoms with van der Waals surface area (Å²) in [5, 5.41) is 10.3. The fourth-order valence-corrected chi connectivity index (χ4v) is 6.06. The molecule has 0 saturated heterocycles. The lowest BCUT2D eigenvalue weighted by atomic mass is 10.4. The molecule has 0 aliphatic rings.